The maximum atomic E-state index is 12.1. The Morgan fingerprint density at radius 1 is 0.936 bits per heavy atom. The zero-order valence-corrected chi connectivity index (χ0v) is 30.2. The van der Waals surface area contributed by atoms with Gasteiger partial charge in [0.2, 0.25) is 5.91 Å². The molecule has 1 rings (SSSR count). The molecule has 16 nitrogen and oxygen atoms in total. The molecule has 0 spiro atoms. The Kier molecular flexibility index (Phi) is 21.1. The van der Waals surface area contributed by atoms with Gasteiger partial charge in [-0.25, -0.2) is 0 Å². The van der Waals surface area contributed by atoms with Gasteiger partial charge in [0, 0.05) is 62.2 Å². The summed E-state index contributed by atoms with van der Waals surface area (Å²) in [6.45, 7) is 7.24. The van der Waals surface area contributed by atoms with Gasteiger partial charge in [0.15, 0.2) is 18.5 Å². The van der Waals surface area contributed by atoms with Crippen molar-refractivity contribution in [1.29, 1.82) is 0 Å². The molecule has 2 N–H and O–H groups in total. The number of carbonyl (C=O) groups is 4. The lowest BCUT2D eigenvalue weighted by Crippen LogP contribution is -2.66. The monoisotopic (exact) mass is 714 g/mol. The number of hydrogen-bond donors (Lipinski definition) is 2. The van der Waals surface area contributed by atoms with Gasteiger partial charge < -0.3 is 52.8 Å². The largest absolute Gasteiger partial charge is 0.463 e. The van der Waals surface area contributed by atoms with E-state index >= 15 is 0 Å². The van der Waals surface area contributed by atoms with Gasteiger partial charge in [-0.2, -0.15) is 0 Å². The van der Waals surface area contributed by atoms with Crippen molar-refractivity contribution >= 4 is 49.3 Å². The molecule has 0 aromatic heterocycles. The number of carbonyl (C=O) groups excluding carboxylic acids is 4. The van der Waals surface area contributed by atoms with E-state index in [0.29, 0.717) is 37.3 Å². The van der Waals surface area contributed by atoms with E-state index < -0.39 is 68.8 Å². The average Bonchev–Trinajstić information content (AvgIpc) is 2.98. The first kappa shape index (κ1) is 42.8. The molecule has 0 radical (unpaired) electrons. The van der Waals surface area contributed by atoms with Crippen LogP contribution in [0.25, 0.3) is 0 Å². The van der Waals surface area contributed by atoms with Crippen molar-refractivity contribution in [1.82, 2.24) is 10.6 Å². The van der Waals surface area contributed by atoms with Crippen LogP contribution < -0.4 is 10.6 Å². The van der Waals surface area contributed by atoms with E-state index in [1.807, 2.05) is 6.92 Å². The highest BCUT2D eigenvalue weighted by Gasteiger charge is 2.51. The molecule has 272 valence electrons. The van der Waals surface area contributed by atoms with Gasteiger partial charge >= 0.3 is 26.2 Å². The van der Waals surface area contributed by atoms with Crippen LogP contribution in [0.3, 0.4) is 0 Å². The Hall–Kier alpha value is -2.24. The topological polar surface area (TPSA) is 192 Å². The third-order valence-corrected chi connectivity index (χ3v) is 7.95. The normalized spacial score (nSPS) is 23.4. The lowest BCUT2D eigenvalue weighted by atomic mass is 9.96. The van der Waals surface area contributed by atoms with Crippen LogP contribution in [0.1, 0.15) is 60.3 Å². The first-order valence-corrected chi connectivity index (χ1v) is 16.9. The lowest BCUT2D eigenvalue weighted by Gasteiger charge is -2.44. The molecule has 9 atom stereocenters. The van der Waals surface area contributed by atoms with Crippen LogP contribution in [-0.2, 0) is 65.9 Å². The van der Waals surface area contributed by atoms with Crippen LogP contribution in [-0.4, -0.2) is 119 Å². The summed E-state index contributed by atoms with van der Waals surface area (Å²) in [6, 6.07) is -1.30. The van der Waals surface area contributed by atoms with Gasteiger partial charge in [-0.15, -0.1) is 0 Å². The minimum absolute atomic E-state index is 0.0396. The fourth-order valence-electron chi connectivity index (χ4n) is 4.95. The molecule has 0 aromatic carbocycles. The fourth-order valence-corrected chi connectivity index (χ4v) is 5.66. The minimum Gasteiger partial charge on any atom is -0.463 e. The fraction of sp³-hybridized carbons (Fsp3) is 0.828. The molecule has 1 saturated heterocycles. The van der Waals surface area contributed by atoms with E-state index in [4.69, 9.17) is 54.4 Å². The third kappa shape index (κ3) is 17.1. The molecule has 1 heterocycles. The van der Waals surface area contributed by atoms with Gasteiger partial charge in [-0.3, -0.25) is 23.7 Å². The highest BCUT2D eigenvalue weighted by molar-refractivity contribution is 7.80. The Morgan fingerprint density at radius 2 is 1.60 bits per heavy atom. The number of rotatable bonds is 22. The highest BCUT2D eigenvalue weighted by atomic mass is 32.1. The molecule has 0 aromatic rings. The van der Waals surface area contributed by atoms with Crippen molar-refractivity contribution in [2.75, 3.05) is 47.8 Å². The van der Waals surface area contributed by atoms with Crippen molar-refractivity contribution < 1.29 is 65.9 Å². The zero-order chi connectivity index (χ0) is 35.5. The molecule has 1 fully saturated rings. The van der Waals surface area contributed by atoms with E-state index in [1.165, 1.54) is 41.9 Å². The van der Waals surface area contributed by atoms with Crippen LogP contribution in [0.15, 0.2) is 0 Å². The summed E-state index contributed by atoms with van der Waals surface area (Å²) in [5.41, 5.74) is 0. The number of nitrogens with one attached hydrogen (secondary N) is 2. The van der Waals surface area contributed by atoms with E-state index in [2.05, 4.69) is 10.6 Å². The molecular formula is C29H51N2O14PS. The Balaban J connectivity index is 2.94. The van der Waals surface area contributed by atoms with E-state index in [1.54, 1.807) is 7.11 Å². The smallest absolute Gasteiger partial charge is 0.318 e. The second-order valence-corrected chi connectivity index (χ2v) is 12.7. The highest BCUT2D eigenvalue weighted by Crippen LogP contribution is 2.28. The van der Waals surface area contributed by atoms with Gasteiger partial charge in [-0.05, 0) is 31.6 Å². The molecule has 47 heavy (non-hydrogen) atoms. The number of hydrogen-bond acceptors (Lipinski definition) is 15. The predicted octanol–water partition coefficient (Wildman–Crippen LogP) is 1.86. The first-order chi connectivity index (χ1) is 22.2. The number of unbranched alkanes of at least 4 members (excludes halogenated alkanes) is 1. The number of methoxy groups -OCH3 is 2. The van der Waals surface area contributed by atoms with Gasteiger partial charge in [0.1, 0.15) is 24.9 Å². The number of esters is 3. The molecule has 2 unspecified atom stereocenters. The SMILES string of the molecule is COC[C@H](C)CC(NC(=S)CCCCO[C@@H]1O[C@H](COC(C)=O)[C@H](OC(C)=O)[C@H](OC(C)=O)[C@H]1NC(C)=O)[C@H](CO[PH](=O)OC)OC. The second kappa shape index (κ2) is 23.2. The lowest BCUT2D eigenvalue weighted by molar-refractivity contribution is -0.277. The number of amides is 1. The van der Waals surface area contributed by atoms with Crippen molar-refractivity contribution in [3.63, 3.8) is 0 Å². The molecule has 0 aliphatic carbocycles. The van der Waals surface area contributed by atoms with Crippen molar-refractivity contribution in [3.8, 4) is 0 Å². The van der Waals surface area contributed by atoms with E-state index in [0.717, 1.165) is 0 Å². The third-order valence-electron chi connectivity index (χ3n) is 6.89. The summed E-state index contributed by atoms with van der Waals surface area (Å²) in [5.74, 6) is -2.29. The van der Waals surface area contributed by atoms with Gasteiger partial charge in [-0.1, -0.05) is 19.1 Å². The molecule has 0 saturated carbocycles. The summed E-state index contributed by atoms with van der Waals surface area (Å²) in [7, 11) is 1.83. The average molecular weight is 715 g/mol. The standard InChI is InChI=1S/C29H51N2O14PS/c1-17(14-37-6)13-22(23(38-7)16-42-46(36)39-8)31-25(47)11-9-10-12-40-29-26(30-18(2)32)28(44-21(5)35)27(43-20(4)34)24(45-29)15-41-19(3)33/h17,22-24,26-29,46H,9-16H2,1-8H3,(H,30,32)(H,31,47)/t17-,22?,23+,24-,26-,27+,28-,29-/m1/s1. The van der Waals surface area contributed by atoms with Crippen molar-refractivity contribution in [3.05, 3.63) is 0 Å². The zero-order valence-electron chi connectivity index (χ0n) is 28.4. The first-order valence-electron chi connectivity index (χ1n) is 15.3. The van der Waals surface area contributed by atoms with Gasteiger partial charge in [0.25, 0.3) is 0 Å². The summed E-state index contributed by atoms with van der Waals surface area (Å²) in [6.07, 6.45) is -2.80. The molecular weight excluding hydrogens is 663 g/mol. The van der Waals surface area contributed by atoms with Crippen LogP contribution in [0.5, 0.6) is 0 Å². The summed E-state index contributed by atoms with van der Waals surface area (Å²) in [4.78, 5) is 48.2. The Bertz CT molecular complexity index is 1040. The van der Waals surface area contributed by atoms with Crippen LogP contribution >= 0.6 is 20.5 Å². The number of ether oxygens (including phenoxy) is 7. The quantitative estimate of drug-likeness (QED) is 0.0542. The maximum absolute atomic E-state index is 12.1. The Morgan fingerprint density at radius 3 is 2.15 bits per heavy atom. The minimum atomic E-state index is -2.63. The molecule has 18 heteroatoms. The Labute approximate surface area is 282 Å². The van der Waals surface area contributed by atoms with Crippen LogP contribution in [0.4, 0.5) is 0 Å². The van der Waals surface area contributed by atoms with Gasteiger partial charge in [0.05, 0.1) is 17.6 Å². The predicted molar refractivity (Wildman–Crippen MR) is 172 cm³/mol. The van der Waals surface area contributed by atoms with Crippen molar-refractivity contribution in [2.45, 2.75) is 103 Å². The molecule has 1 aliphatic heterocycles. The summed E-state index contributed by atoms with van der Waals surface area (Å²) >= 11 is 5.62. The molecule has 0 bridgehead atoms. The second-order valence-electron chi connectivity index (χ2n) is 11.1. The number of thiocarbonyl (C=S) groups is 1. The molecule has 1 amide bonds. The summed E-state index contributed by atoms with van der Waals surface area (Å²) < 4.78 is 60.6. The van der Waals surface area contributed by atoms with E-state index in [-0.39, 0.29) is 31.8 Å². The van der Waals surface area contributed by atoms with Crippen molar-refractivity contribution in [2.24, 2.45) is 5.92 Å². The summed E-state index contributed by atoms with van der Waals surface area (Å²) in [5, 5.41) is 6.00. The maximum Gasteiger partial charge on any atom is 0.318 e. The van der Waals surface area contributed by atoms with Crippen LogP contribution in [0.2, 0.25) is 0 Å². The molecule has 1 aliphatic rings. The van der Waals surface area contributed by atoms with Crippen LogP contribution in [0, 0.1) is 5.92 Å². The van der Waals surface area contributed by atoms with E-state index in [9.17, 15) is 23.7 Å².